The Balaban J connectivity index is 0.906. The predicted octanol–water partition coefficient (Wildman–Crippen LogP) is 15.7. The van der Waals surface area contributed by atoms with Crippen LogP contribution >= 0.6 is 0 Å². The van der Waals surface area contributed by atoms with Gasteiger partial charge in [-0.3, -0.25) is 0 Å². The van der Waals surface area contributed by atoms with Gasteiger partial charge in [-0.15, -0.1) is 0 Å². The molecule has 0 unspecified atom stereocenters. The van der Waals surface area contributed by atoms with Gasteiger partial charge in [0.05, 0.1) is 11.0 Å². The van der Waals surface area contributed by atoms with Crippen molar-refractivity contribution in [3.05, 3.63) is 216 Å². The Morgan fingerprint density at radius 3 is 1.68 bits per heavy atom. The van der Waals surface area contributed by atoms with E-state index in [1.54, 1.807) is 0 Å². The van der Waals surface area contributed by atoms with E-state index in [1.165, 1.54) is 93.9 Å². The van der Waals surface area contributed by atoms with Crippen molar-refractivity contribution < 1.29 is 0 Å². The van der Waals surface area contributed by atoms with E-state index in [4.69, 9.17) is 0 Å². The van der Waals surface area contributed by atoms with Gasteiger partial charge in [-0.1, -0.05) is 143 Å². The van der Waals surface area contributed by atoms with Gasteiger partial charge in [-0.25, -0.2) is 0 Å². The second kappa shape index (κ2) is 12.7. The number of para-hydroxylation sites is 2. The normalized spacial score (nSPS) is 14.3. The summed E-state index contributed by atoms with van der Waals surface area (Å²) in [5.41, 5.74) is 20.2. The summed E-state index contributed by atoms with van der Waals surface area (Å²) in [4.78, 5) is 2.39. The lowest BCUT2D eigenvalue weighted by atomic mass is 9.81. The molecule has 2 nitrogen and oxygen atoms in total. The number of hydrogen-bond donors (Lipinski definition) is 0. The first kappa shape index (κ1) is 34.8. The molecule has 0 fully saturated rings. The molecule has 0 saturated heterocycles. The van der Waals surface area contributed by atoms with E-state index in [9.17, 15) is 0 Å². The molecule has 60 heavy (non-hydrogen) atoms. The second-order valence-electron chi connectivity index (χ2n) is 17.8. The average Bonchev–Trinajstić information content (AvgIpc) is 3.82. The summed E-state index contributed by atoms with van der Waals surface area (Å²) >= 11 is 0. The smallest absolute Gasteiger partial charge is 0.0544 e. The SMILES string of the molecule is CC1(C)c2cc(N(c3ccccc3)c3ccc(-c4ccc(-n5c6ccccc6c6cc7c(cc65)C(C)(C)c5ccccc5-7)cc4)cc3)ccc2-c2cc3ccccc3cc21. The van der Waals surface area contributed by atoms with E-state index in [0.29, 0.717) is 0 Å². The number of rotatable bonds is 5. The molecule has 0 radical (unpaired) electrons. The minimum atomic E-state index is -0.120. The standard InChI is InChI=1S/C58H44N2/c1-57(2)51-20-12-10-18-45(51)49-35-50-47-19-11-13-21-55(47)60(56(50)36-54(49)57)43-28-24-38(25-29-43)37-22-26-42(27-23-37)59(41-16-6-5-7-17-41)44-30-31-46-48-32-39-14-8-9-15-40(39)33-52(48)58(3,4)53(46)34-44/h5-36H,1-4H3. The Labute approximate surface area is 351 Å². The van der Waals surface area contributed by atoms with Crippen molar-refractivity contribution in [2.24, 2.45) is 0 Å². The van der Waals surface area contributed by atoms with Gasteiger partial charge in [0.1, 0.15) is 0 Å². The number of aromatic nitrogens is 1. The molecule has 0 spiro atoms. The molecular formula is C58H44N2. The van der Waals surface area contributed by atoms with Crippen LogP contribution in [0.1, 0.15) is 49.9 Å². The first-order valence-electron chi connectivity index (χ1n) is 21.2. The third kappa shape index (κ3) is 5.01. The van der Waals surface area contributed by atoms with Crippen molar-refractivity contribution in [1.29, 1.82) is 0 Å². The van der Waals surface area contributed by atoms with Crippen molar-refractivity contribution in [3.8, 4) is 39.1 Å². The summed E-state index contributed by atoms with van der Waals surface area (Å²) in [7, 11) is 0. The van der Waals surface area contributed by atoms with Gasteiger partial charge < -0.3 is 9.47 Å². The molecule has 0 atom stereocenters. The van der Waals surface area contributed by atoms with Crippen LogP contribution in [0.15, 0.2) is 194 Å². The van der Waals surface area contributed by atoms with Crippen LogP contribution in [0.3, 0.4) is 0 Å². The summed E-state index contributed by atoms with van der Waals surface area (Å²) in [6, 6.07) is 72.1. The van der Waals surface area contributed by atoms with E-state index in [-0.39, 0.29) is 10.8 Å². The lowest BCUT2D eigenvalue weighted by Crippen LogP contribution is -2.16. The molecule has 0 amide bonds. The molecule has 0 bridgehead atoms. The maximum absolute atomic E-state index is 2.46. The summed E-state index contributed by atoms with van der Waals surface area (Å²) in [6.07, 6.45) is 0. The van der Waals surface area contributed by atoms with Crippen LogP contribution in [0, 0.1) is 0 Å². The molecule has 0 saturated carbocycles. The third-order valence-corrected chi connectivity index (χ3v) is 13.8. The van der Waals surface area contributed by atoms with E-state index >= 15 is 0 Å². The maximum atomic E-state index is 2.46. The zero-order valence-corrected chi connectivity index (χ0v) is 34.4. The Morgan fingerprint density at radius 1 is 0.350 bits per heavy atom. The van der Waals surface area contributed by atoms with Crippen LogP contribution < -0.4 is 4.90 Å². The maximum Gasteiger partial charge on any atom is 0.0544 e. The van der Waals surface area contributed by atoms with E-state index < -0.39 is 0 Å². The Hall–Kier alpha value is -7.16. The van der Waals surface area contributed by atoms with E-state index in [2.05, 4.69) is 231 Å². The van der Waals surface area contributed by atoms with Gasteiger partial charge in [-0.2, -0.15) is 0 Å². The van der Waals surface area contributed by atoms with Crippen molar-refractivity contribution in [2.45, 2.75) is 38.5 Å². The van der Waals surface area contributed by atoms with Gasteiger partial charge in [0.25, 0.3) is 0 Å². The second-order valence-corrected chi connectivity index (χ2v) is 17.8. The highest BCUT2D eigenvalue weighted by molar-refractivity contribution is 6.11. The largest absolute Gasteiger partial charge is 0.310 e. The van der Waals surface area contributed by atoms with Crippen molar-refractivity contribution in [2.75, 3.05) is 4.90 Å². The fourth-order valence-electron chi connectivity index (χ4n) is 10.6. The quantitative estimate of drug-likeness (QED) is 0.169. The zero-order chi connectivity index (χ0) is 40.3. The average molecular weight is 769 g/mol. The first-order valence-corrected chi connectivity index (χ1v) is 21.2. The zero-order valence-electron chi connectivity index (χ0n) is 34.4. The van der Waals surface area contributed by atoms with Crippen LogP contribution in [0.2, 0.25) is 0 Å². The molecule has 2 aliphatic rings. The van der Waals surface area contributed by atoms with Crippen LogP contribution in [0.25, 0.3) is 71.6 Å². The molecule has 2 aliphatic carbocycles. The number of fused-ring (bicyclic) bond motifs is 10. The summed E-state index contributed by atoms with van der Waals surface area (Å²) < 4.78 is 2.45. The molecule has 12 rings (SSSR count). The molecule has 286 valence electrons. The topological polar surface area (TPSA) is 8.17 Å². The minimum absolute atomic E-state index is 0.0635. The van der Waals surface area contributed by atoms with E-state index in [0.717, 1.165) is 17.1 Å². The molecule has 0 N–H and O–H groups in total. The number of hydrogen-bond acceptors (Lipinski definition) is 1. The van der Waals surface area contributed by atoms with Gasteiger partial charge in [-0.05, 0) is 145 Å². The third-order valence-electron chi connectivity index (χ3n) is 13.8. The number of nitrogens with zero attached hydrogens (tertiary/aromatic N) is 2. The van der Waals surface area contributed by atoms with Gasteiger partial charge >= 0.3 is 0 Å². The summed E-state index contributed by atoms with van der Waals surface area (Å²) in [5.74, 6) is 0. The summed E-state index contributed by atoms with van der Waals surface area (Å²) in [5, 5.41) is 5.16. The minimum Gasteiger partial charge on any atom is -0.310 e. The van der Waals surface area contributed by atoms with Gasteiger partial charge in [0.15, 0.2) is 0 Å². The fourth-order valence-corrected chi connectivity index (χ4v) is 10.6. The Bertz CT molecular complexity index is 3350. The highest BCUT2D eigenvalue weighted by atomic mass is 15.1. The lowest BCUT2D eigenvalue weighted by Gasteiger charge is -2.28. The highest BCUT2D eigenvalue weighted by Crippen LogP contribution is 2.53. The molecule has 1 heterocycles. The monoisotopic (exact) mass is 768 g/mol. The van der Waals surface area contributed by atoms with Crippen molar-refractivity contribution >= 4 is 49.6 Å². The molecule has 1 aromatic heterocycles. The van der Waals surface area contributed by atoms with Crippen molar-refractivity contribution in [1.82, 2.24) is 4.57 Å². The molecular weight excluding hydrogens is 725 g/mol. The number of anilines is 3. The fraction of sp³-hybridized carbons (Fsp3) is 0.103. The number of benzene rings is 9. The predicted molar refractivity (Wildman–Crippen MR) is 254 cm³/mol. The van der Waals surface area contributed by atoms with Crippen LogP contribution in [0.4, 0.5) is 17.1 Å². The highest BCUT2D eigenvalue weighted by Gasteiger charge is 2.37. The molecule has 0 aliphatic heterocycles. The van der Waals surface area contributed by atoms with Gasteiger partial charge in [0, 0.05) is 44.4 Å². The first-order chi connectivity index (χ1) is 29.3. The van der Waals surface area contributed by atoms with Gasteiger partial charge in [0.2, 0.25) is 0 Å². The van der Waals surface area contributed by atoms with Crippen LogP contribution in [-0.2, 0) is 10.8 Å². The molecule has 10 aromatic rings. The molecule has 9 aromatic carbocycles. The Morgan fingerprint density at radius 2 is 0.900 bits per heavy atom. The molecule has 2 heteroatoms. The summed E-state index contributed by atoms with van der Waals surface area (Å²) in [6.45, 7) is 9.47. The Kier molecular flexibility index (Phi) is 7.36. The lowest BCUT2D eigenvalue weighted by molar-refractivity contribution is 0.661. The van der Waals surface area contributed by atoms with E-state index in [1.807, 2.05) is 0 Å². The van der Waals surface area contributed by atoms with Crippen LogP contribution in [0.5, 0.6) is 0 Å². The van der Waals surface area contributed by atoms with Crippen molar-refractivity contribution in [3.63, 3.8) is 0 Å². The van der Waals surface area contributed by atoms with Crippen LogP contribution in [-0.4, -0.2) is 4.57 Å².